The Morgan fingerprint density at radius 2 is 2.10 bits per heavy atom. The van der Waals surface area contributed by atoms with Crippen molar-refractivity contribution in [2.24, 2.45) is 5.92 Å². The van der Waals surface area contributed by atoms with E-state index < -0.39 is 20.9 Å². The van der Waals surface area contributed by atoms with E-state index in [1.54, 1.807) is 4.90 Å². The summed E-state index contributed by atoms with van der Waals surface area (Å²) in [6.07, 6.45) is 0.381. The molecule has 2 bridgehead atoms. The molecule has 3 heterocycles. The average molecular weight is 302 g/mol. The minimum atomic E-state index is -3.28. The van der Waals surface area contributed by atoms with Crippen molar-refractivity contribution in [3.63, 3.8) is 0 Å². The lowest BCUT2D eigenvalue weighted by molar-refractivity contribution is -0.153. The molecule has 0 aliphatic carbocycles. The van der Waals surface area contributed by atoms with Crippen molar-refractivity contribution < 1.29 is 17.9 Å². The summed E-state index contributed by atoms with van der Waals surface area (Å²) in [5.74, 6) is 0.0216. The maximum absolute atomic E-state index is 12.5. The van der Waals surface area contributed by atoms with Gasteiger partial charge >= 0.3 is 0 Å². The Kier molecular flexibility index (Phi) is 3.15. The number of nitrogens with zero attached hydrogens (tertiary/aromatic N) is 2. The van der Waals surface area contributed by atoms with Gasteiger partial charge in [-0.15, -0.1) is 0 Å². The maximum atomic E-state index is 12.5. The fraction of sp³-hybridized carbons (Fsp3) is 0.923. The van der Waals surface area contributed by atoms with Gasteiger partial charge in [0.15, 0.2) is 0 Å². The minimum Gasteiger partial charge on any atom is -0.365 e. The quantitative estimate of drug-likeness (QED) is 0.723. The van der Waals surface area contributed by atoms with Crippen LogP contribution in [0.25, 0.3) is 0 Å². The lowest BCUT2D eigenvalue weighted by atomic mass is 9.99. The highest BCUT2D eigenvalue weighted by Crippen LogP contribution is 2.46. The molecule has 0 saturated carbocycles. The molecule has 114 valence electrons. The Balaban J connectivity index is 1.91. The first-order valence-electron chi connectivity index (χ1n) is 7.26. The smallest absolute Gasteiger partial charge is 0.225 e. The number of hydrogen-bond donors (Lipinski definition) is 0. The summed E-state index contributed by atoms with van der Waals surface area (Å²) in [6, 6.07) is 0. The fourth-order valence-corrected chi connectivity index (χ4v) is 6.09. The van der Waals surface area contributed by atoms with E-state index in [0.717, 1.165) is 0 Å². The van der Waals surface area contributed by atoms with Crippen LogP contribution < -0.4 is 0 Å². The molecule has 3 rings (SSSR count). The molecule has 0 N–H and O–H groups in total. The Morgan fingerprint density at radius 1 is 1.40 bits per heavy atom. The lowest BCUT2D eigenvalue weighted by Gasteiger charge is -2.40. The third kappa shape index (κ3) is 1.83. The highest BCUT2D eigenvalue weighted by Gasteiger charge is 2.65. The zero-order valence-electron chi connectivity index (χ0n) is 12.2. The van der Waals surface area contributed by atoms with Gasteiger partial charge in [0, 0.05) is 25.6 Å². The highest BCUT2D eigenvalue weighted by molar-refractivity contribution is 7.90. The molecule has 20 heavy (non-hydrogen) atoms. The first-order valence-corrected chi connectivity index (χ1v) is 8.76. The summed E-state index contributed by atoms with van der Waals surface area (Å²) in [7, 11) is -3.28. The van der Waals surface area contributed by atoms with Gasteiger partial charge in [-0.05, 0) is 6.42 Å². The molecule has 3 aliphatic rings. The van der Waals surface area contributed by atoms with Gasteiger partial charge < -0.3 is 9.64 Å². The minimum absolute atomic E-state index is 0.0670. The second-order valence-electron chi connectivity index (χ2n) is 6.37. The number of likely N-dealkylation sites (N-methyl/N-ethyl adjacent to an activating group) is 1. The molecular formula is C13H22N2O4S. The second kappa shape index (κ2) is 4.42. The largest absolute Gasteiger partial charge is 0.365 e. The van der Waals surface area contributed by atoms with E-state index in [1.807, 2.05) is 20.8 Å². The Labute approximate surface area is 120 Å². The number of morpholine rings is 1. The van der Waals surface area contributed by atoms with E-state index in [1.165, 1.54) is 4.31 Å². The van der Waals surface area contributed by atoms with Gasteiger partial charge in [-0.1, -0.05) is 20.8 Å². The standard InChI is InChI=1S/C13H22N2O4S/c1-4-15-8-13-7-14(12(16)9(2)3)6-10(19-13)5-11(13)20(15,17)18/h9-11H,4-8H2,1-3H3/t10-,11+,13+/m0/s1. The van der Waals surface area contributed by atoms with E-state index >= 15 is 0 Å². The van der Waals surface area contributed by atoms with Gasteiger partial charge in [-0.2, -0.15) is 4.31 Å². The molecule has 7 heteroatoms. The topological polar surface area (TPSA) is 66.9 Å². The van der Waals surface area contributed by atoms with Gasteiger partial charge in [0.2, 0.25) is 15.9 Å². The van der Waals surface area contributed by atoms with Gasteiger partial charge in [-0.25, -0.2) is 8.42 Å². The van der Waals surface area contributed by atoms with Crippen LogP contribution in [-0.4, -0.2) is 66.7 Å². The third-order valence-electron chi connectivity index (χ3n) is 4.67. The number of likely N-dealkylation sites (tertiary alicyclic amines) is 1. The normalized spacial score (nSPS) is 39.3. The summed E-state index contributed by atoms with van der Waals surface area (Å²) < 4.78 is 32.5. The monoisotopic (exact) mass is 302 g/mol. The number of ether oxygens (including phenoxy) is 1. The molecule has 3 aliphatic heterocycles. The number of amides is 1. The molecule has 1 amide bonds. The first-order chi connectivity index (χ1) is 9.30. The van der Waals surface area contributed by atoms with Crippen molar-refractivity contribution in [2.45, 2.75) is 44.1 Å². The Bertz CT molecular complexity index is 532. The van der Waals surface area contributed by atoms with Crippen LogP contribution in [0.2, 0.25) is 0 Å². The van der Waals surface area contributed by atoms with Crippen molar-refractivity contribution in [2.75, 3.05) is 26.2 Å². The van der Waals surface area contributed by atoms with Crippen LogP contribution in [-0.2, 0) is 19.6 Å². The molecule has 1 spiro atoms. The predicted molar refractivity (Wildman–Crippen MR) is 73.6 cm³/mol. The van der Waals surface area contributed by atoms with Gasteiger partial charge in [0.1, 0.15) is 10.9 Å². The van der Waals surface area contributed by atoms with Gasteiger partial charge in [0.25, 0.3) is 0 Å². The zero-order valence-corrected chi connectivity index (χ0v) is 13.0. The molecule has 0 aromatic carbocycles. The number of sulfonamides is 1. The molecule has 3 fully saturated rings. The molecule has 3 atom stereocenters. The number of fused-ring (bicyclic) bond motifs is 1. The van der Waals surface area contributed by atoms with Crippen LogP contribution in [0, 0.1) is 5.92 Å². The Morgan fingerprint density at radius 3 is 2.70 bits per heavy atom. The van der Waals surface area contributed by atoms with Gasteiger partial charge in [-0.3, -0.25) is 4.79 Å². The SMILES string of the molecule is CCN1C[C@]23CN(C(=O)C(C)C)C[C@H](C[C@H]2S1(=O)=O)O3. The van der Waals surface area contributed by atoms with Crippen LogP contribution in [0.5, 0.6) is 0 Å². The molecular weight excluding hydrogens is 280 g/mol. The van der Waals surface area contributed by atoms with E-state index in [4.69, 9.17) is 4.74 Å². The maximum Gasteiger partial charge on any atom is 0.225 e. The summed E-state index contributed by atoms with van der Waals surface area (Å²) in [5.41, 5.74) is -0.706. The van der Waals surface area contributed by atoms with Crippen LogP contribution >= 0.6 is 0 Å². The van der Waals surface area contributed by atoms with Crippen molar-refractivity contribution >= 4 is 15.9 Å². The summed E-state index contributed by atoms with van der Waals surface area (Å²) >= 11 is 0. The van der Waals surface area contributed by atoms with Gasteiger partial charge in [0.05, 0.1) is 12.6 Å². The number of rotatable bonds is 2. The average Bonchev–Trinajstić information content (AvgIpc) is 2.75. The molecule has 6 nitrogen and oxygen atoms in total. The number of carbonyl (C=O) groups excluding carboxylic acids is 1. The Hall–Kier alpha value is -0.660. The lowest BCUT2D eigenvalue weighted by Crippen LogP contribution is -2.57. The van der Waals surface area contributed by atoms with Crippen LogP contribution in [0.15, 0.2) is 0 Å². The molecule has 0 aromatic rings. The molecule has 3 saturated heterocycles. The van der Waals surface area contributed by atoms with Crippen molar-refractivity contribution in [1.82, 2.24) is 9.21 Å². The molecule has 0 unspecified atom stereocenters. The fourth-order valence-electron chi connectivity index (χ4n) is 3.77. The van der Waals surface area contributed by atoms with Crippen molar-refractivity contribution in [1.29, 1.82) is 0 Å². The summed E-state index contributed by atoms with van der Waals surface area (Å²) in [6.45, 7) is 7.36. The van der Waals surface area contributed by atoms with E-state index in [2.05, 4.69) is 0 Å². The van der Waals surface area contributed by atoms with E-state index in [-0.39, 0.29) is 17.9 Å². The molecule has 0 aromatic heterocycles. The van der Waals surface area contributed by atoms with Crippen LogP contribution in [0.1, 0.15) is 27.2 Å². The van der Waals surface area contributed by atoms with Crippen LogP contribution in [0.3, 0.4) is 0 Å². The van der Waals surface area contributed by atoms with Crippen LogP contribution in [0.4, 0.5) is 0 Å². The third-order valence-corrected chi connectivity index (χ3v) is 7.12. The first kappa shape index (κ1) is 14.3. The number of hydrogen-bond acceptors (Lipinski definition) is 4. The van der Waals surface area contributed by atoms with E-state index in [9.17, 15) is 13.2 Å². The second-order valence-corrected chi connectivity index (χ2v) is 8.49. The number of carbonyl (C=O) groups is 1. The predicted octanol–water partition coefficient (Wildman–Crippen LogP) is 0.0462. The summed E-state index contributed by atoms with van der Waals surface area (Å²) in [4.78, 5) is 14.0. The molecule has 0 radical (unpaired) electrons. The highest BCUT2D eigenvalue weighted by atomic mass is 32.2. The van der Waals surface area contributed by atoms with Crippen molar-refractivity contribution in [3.05, 3.63) is 0 Å². The summed E-state index contributed by atoms with van der Waals surface area (Å²) in [5, 5.41) is -0.482. The van der Waals surface area contributed by atoms with Crippen molar-refractivity contribution in [3.8, 4) is 0 Å². The zero-order chi connectivity index (χ0) is 14.7. The van der Waals surface area contributed by atoms with E-state index in [0.29, 0.717) is 32.6 Å².